The van der Waals surface area contributed by atoms with E-state index < -0.39 is 19.7 Å². The summed E-state index contributed by atoms with van der Waals surface area (Å²) in [6.45, 7) is 4.99. The summed E-state index contributed by atoms with van der Waals surface area (Å²) in [5, 5.41) is 0. The van der Waals surface area contributed by atoms with Crippen molar-refractivity contribution in [2.75, 3.05) is 0 Å². The molecule has 1 aromatic carbocycles. The zero-order chi connectivity index (χ0) is 21.4. The molecule has 0 nitrogen and oxygen atoms in total. The van der Waals surface area contributed by atoms with Crippen LogP contribution in [0.2, 0.25) is 24.7 Å². The Labute approximate surface area is 185 Å². The van der Waals surface area contributed by atoms with Gasteiger partial charge >= 0.3 is 0 Å². The van der Waals surface area contributed by atoms with E-state index in [0.29, 0.717) is 5.92 Å². The van der Waals surface area contributed by atoms with Crippen LogP contribution in [0.1, 0.15) is 102 Å². The van der Waals surface area contributed by atoms with Crippen LogP contribution < -0.4 is 0 Å². The summed E-state index contributed by atoms with van der Waals surface area (Å²) in [5.41, 5.74) is 0.997. The lowest BCUT2D eigenvalue weighted by molar-refractivity contribution is 0.303. The summed E-state index contributed by atoms with van der Waals surface area (Å²) < 4.78 is 26.7. The summed E-state index contributed by atoms with van der Waals surface area (Å²) in [6, 6.07) is 9.22. The Bertz CT molecular complexity index is 628. The first-order chi connectivity index (χ1) is 14.5. The van der Waals surface area contributed by atoms with Crippen molar-refractivity contribution < 1.29 is 8.78 Å². The highest BCUT2D eigenvalue weighted by Crippen LogP contribution is 2.40. The predicted molar refractivity (Wildman–Crippen MR) is 128 cm³/mol. The van der Waals surface area contributed by atoms with E-state index in [-0.39, 0.29) is 0 Å². The monoisotopic (exact) mass is 434 g/mol. The molecule has 0 spiro atoms. The van der Waals surface area contributed by atoms with E-state index in [1.54, 1.807) is 24.2 Å². The standard InChI is InChI=1S/C27H44F2Si/c1-3-4-5-8-23-16-19-30(2,20-17-23)18-7-6-9-22-10-12-24(13-11-22)25-14-15-26(28)27(29)21-25/h14-15,21-24H,3-13,16-20H2,1-2H3. The minimum Gasteiger partial charge on any atom is -0.204 e. The average molecular weight is 435 g/mol. The topological polar surface area (TPSA) is 0 Å². The van der Waals surface area contributed by atoms with Crippen molar-refractivity contribution >= 4 is 8.07 Å². The van der Waals surface area contributed by atoms with Crippen LogP contribution in [0, 0.1) is 23.5 Å². The Hall–Kier alpha value is -0.703. The number of halogens is 2. The third-order valence-corrected chi connectivity index (χ3v) is 13.0. The highest BCUT2D eigenvalue weighted by atomic mass is 28.3. The van der Waals surface area contributed by atoms with Gasteiger partial charge in [-0.3, -0.25) is 0 Å². The quantitative estimate of drug-likeness (QED) is 0.254. The second-order valence-electron chi connectivity index (χ2n) is 10.9. The highest BCUT2D eigenvalue weighted by Gasteiger charge is 2.32. The van der Waals surface area contributed by atoms with E-state index in [1.165, 1.54) is 82.8 Å². The van der Waals surface area contributed by atoms with Gasteiger partial charge in [0.05, 0.1) is 8.07 Å². The lowest BCUT2D eigenvalue weighted by Crippen LogP contribution is -2.34. The van der Waals surface area contributed by atoms with Crippen LogP contribution in [0.25, 0.3) is 0 Å². The van der Waals surface area contributed by atoms with Crippen molar-refractivity contribution in [2.45, 2.75) is 121 Å². The molecule has 170 valence electrons. The van der Waals surface area contributed by atoms with E-state index in [1.807, 2.05) is 0 Å². The molecule has 1 saturated carbocycles. The van der Waals surface area contributed by atoms with Gasteiger partial charge in [-0.15, -0.1) is 0 Å². The Morgan fingerprint density at radius 1 is 0.800 bits per heavy atom. The molecule has 2 aliphatic rings. The molecule has 0 bridgehead atoms. The Balaban J connectivity index is 1.29. The molecule has 0 amide bonds. The molecular formula is C27H44F2Si. The van der Waals surface area contributed by atoms with E-state index in [0.717, 1.165) is 30.2 Å². The molecule has 1 aromatic rings. The summed E-state index contributed by atoms with van der Waals surface area (Å²) in [5.74, 6) is 0.907. The van der Waals surface area contributed by atoms with Gasteiger partial charge in [-0.1, -0.05) is 95.5 Å². The molecule has 2 fully saturated rings. The fourth-order valence-corrected chi connectivity index (χ4v) is 10.2. The third-order valence-electron chi connectivity index (χ3n) is 8.43. The lowest BCUT2D eigenvalue weighted by atomic mass is 9.77. The van der Waals surface area contributed by atoms with Crippen molar-refractivity contribution in [3.05, 3.63) is 35.4 Å². The van der Waals surface area contributed by atoms with Gasteiger partial charge in [-0.25, -0.2) is 8.78 Å². The largest absolute Gasteiger partial charge is 0.204 e. The smallest absolute Gasteiger partial charge is 0.159 e. The fraction of sp³-hybridized carbons (Fsp3) is 0.778. The average Bonchev–Trinajstić information content (AvgIpc) is 2.75. The SMILES string of the molecule is CCCCCC1CC[Si](C)(CCCCC2CCC(c3ccc(F)c(F)c3)CC2)CC1. The third kappa shape index (κ3) is 7.17. The molecule has 0 aromatic heterocycles. The first-order valence-electron chi connectivity index (χ1n) is 12.9. The van der Waals surface area contributed by atoms with Crippen LogP contribution in [0.5, 0.6) is 0 Å². The van der Waals surface area contributed by atoms with Crippen molar-refractivity contribution in [3.8, 4) is 0 Å². The van der Waals surface area contributed by atoms with Gasteiger partial charge in [0, 0.05) is 0 Å². The van der Waals surface area contributed by atoms with E-state index in [4.69, 9.17) is 0 Å². The van der Waals surface area contributed by atoms with Crippen molar-refractivity contribution in [1.29, 1.82) is 0 Å². The number of benzene rings is 1. The van der Waals surface area contributed by atoms with Gasteiger partial charge in [0.1, 0.15) is 0 Å². The summed E-state index contributed by atoms with van der Waals surface area (Å²) in [6.07, 6.45) is 17.8. The molecule has 1 aliphatic heterocycles. The maximum Gasteiger partial charge on any atom is 0.159 e. The molecule has 0 atom stereocenters. The van der Waals surface area contributed by atoms with Crippen molar-refractivity contribution in [3.63, 3.8) is 0 Å². The lowest BCUT2D eigenvalue weighted by Gasteiger charge is -2.36. The van der Waals surface area contributed by atoms with Crippen LogP contribution in [0.4, 0.5) is 8.78 Å². The second kappa shape index (κ2) is 11.8. The first-order valence-corrected chi connectivity index (χ1v) is 16.1. The maximum atomic E-state index is 13.5. The predicted octanol–water partition coefficient (Wildman–Crippen LogP) is 9.48. The molecular weight excluding hydrogens is 390 g/mol. The van der Waals surface area contributed by atoms with Crippen LogP contribution in [0.3, 0.4) is 0 Å². The molecule has 3 rings (SSSR count). The van der Waals surface area contributed by atoms with Gasteiger partial charge in [-0.2, -0.15) is 0 Å². The Kier molecular flexibility index (Phi) is 9.41. The zero-order valence-electron chi connectivity index (χ0n) is 19.5. The van der Waals surface area contributed by atoms with Gasteiger partial charge in [0.25, 0.3) is 0 Å². The molecule has 1 saturated heterocycles. The van der Waals surface area contributed by atoms with Crippen molar-refractivity contribution in [2.24, 2.45) is 11.8 Å². The van der Waals surface area contributed by atoms with Crippen LogP contribution in [-0.2, 0) is 0 Å². The minimum atomic E-state index is -0.944. The van der Waals surface area contributed by atoms with Crippen LogP contribution in [-0.4, -0.2) is 8.07 Å². The van der Waals surface area contributed by atoms with E-state index >= 15 is 0 Å². The highest BCUT2D eigenvalue weighted by molar-refractivity contribution is 6.78. The number of hydrogen-bond donors (Lipinski definition) is 0. The molecule has 1 aliphatic carbocycles. The molecule has 0 radical (unpaired) electrons. The first kappa shape index (κ1) is 23.9. The molecule has 0 N–H and O–H groups in total. The summed E-state index contributed by atoms with van der Waals surface area (Å²) >= 11 is 0. The molecule has 30 heavy (non-hydrogen) atoms. The van der Waals surface area contributed by atoms with Crippen LogP contribution in [0.15, 0.2) is 18.2 Å². The molecule has 3 heteroatoms. The molecule has 1 heterocycles. The molecule has 0 unspecified atom stereocenters. The number of hydrogen-bond acceptors (Lipinski definition) is 0. The van der Waals surface area contributed by atoms with Gasteiger partial charge < -0.3 is 0 Å². The normalized spacial score (nSPS) is 29.8. The number of unbranched alkanes of at least 4 members (excludes halogenated alkanes) is 3. The maximum absolute atomic E-state index is 13.5. The Morgan fingerprint density at radius 2 is 1.43 bits per heavy atom. The Morgan fingerprint density at radius 3 is 2.07 bits per heavy atom. The van der Waals surface area contributed by atoms with E-state index in [2.05, 4.69) is 13.5 Å². The van der Waals surface area contributed by atoms with Gasteiger partial charge in [0.2, 0.25) is 0 Å². The zero-order valence-corrected chi connectivity index (χ0v) is 20.5. The van der Waals surface area contributed by atoms with E-state index in [9.17, 15) is 8.78 Å². The van der Waals surface area contributed by atoms with Gasteiger partial charge in [-0.05, 0) is 61.1 Å². The van der Waals surface area contributed by atoms with Crippen molar-refractivity contribution in [1.82, 2.24) is 0 Å². The number of rotatable bonds is 10. The summed E-state index contributed by atoms with van der Waals surface area (Å²) in [7, 11) is -0.944. The summed E-state index contributed by atoms with van der Waals surface area (Å²) in [4.78, 5) is 0. The second-order valence-corrected chi connectivity index (χ2v) is 16.0. The van der Waals surface area contributed by atoms with Gasteiger partial charge in [0.15, 0.2) is 11.6 Å². The van der Waals surface area contributed by atoms with Crippen LogP contribution >= 0.6 is 0 Å². The fourth-order valence-electron chi connectivity index (χ4n) is 6.13. The minimum absolute atomic E-state index is 0.426.